The minimum Gasteiger partial charge on any atom is -0.355 e. The largest absolute Gasteiger partial charge is 0.355 e. The first kappa shape index (κ1) is 16.6. The van der Waals surface area contributed by atoms with Gasteiger partial charge in [-0.3, -0.25) is 9.59 Å². The second kappa shape index (κ2) is 6.78. The molecule has 0 aromatic carbocycles. The van der Waals surface area contributed by atoms with E-state index in [-0.39, 0.29) is 23.8 Å². The molecule has 1 aromatic rings. The topological polar surface area (TPSA) is 78.4 Å². The Kier molecular flexibility index (Phi) is 4.50. The molecule has 1 N–H and O–H groups in total. The van der Waals surface area contributed by atoms with Crippen LogP contribution in [-0.4, -0.2) is 58.6 Å². The Bertz CT molecular complexity index is 656. The number of hydrogen-bond donors (Lipinski definition) is 1. The molecule has 8 heteroatoms. The number of likely N-dealkylation sites (tertiary alicyclic amines) is 1. The fourth-order valence-electron chi connectivity index (χ4n) is 3.70. The summed E-state index contributed by atoms with van der Waals surface area (Å²) >= 11 is 5.77. The molecule has 1 atom stereocenters. The molecular formula is C17H22ClN5O2. The second-order valence-corrected chi connectivity index (χ2v) is 7.55. The Balaban J connectivity index is 1.26. The maximum atomic E-state index is 12.5. The van der Waals surface area contributed by atoms with E-state index in [1.54, 1.807) is 6.07 Å². The number of nitrogens with one attached hydrogen (secondary N) is 1. The predicted octanol–water partition coefficient (Wildman–Crippen LogP) is 1.23. The highest BCUT2D eigenvalue weighted by molar-refractivity contribution is 6.29. The van der Waals surface area contributed by atoms with Crippen LogP contribution in [0.3, 0.4) is 0 Å². The molecule has 1 saturated carbocycles. The molecule has 2 amide bonds. The van der Waals surface area contributed by atoms with E-state index >= 15 is 0 Å². The van der Waals surface area contributed by atoms with Crippen LogP contribution in [0, 0.1) is 5.92 Å². The first-order valence-corrected chi connectivity index (χ1v) is 9.32. The second-order valence-electron chi connectivity index (χ2n) is 7.16. The van der Waals surface area contributed by atoms with Crippen LogP contribution >= 0.6 is 11.6 Å². The van der Waals surface area contributed by atoms with E-state index in [0.29, 0.717) is 24.2 Å². The number of halogens is 1. The van der Waals surface area contributed by atoms with Crippen molar-refractivity contribution in [1.29, 1.82) is 0 Å². The summed E-state index contributed by atoms with van der Waals surface area (Å²) in [5, 5.41) is 11.5. The quantitative estimate of drug-likeness (QED) is 0.870. The fourth-order valence-corrected chi connectivity index (χ4v) is 3.80. The molecule has 7 nitrogen and oxygen atoms in total. The molecule has 3 aliphatic rings. The van der Waals surface area contributed by atoms with E-state index in [0.717, 1.165) is 44.6 Å². The van der Waals surface area contributed by atoms with Crippen LogP contribution in [0.25, 0.3) is 0 Å². The Hall–Kier alpha value is -1.89. The zero-order valence-electron chi connectivity index (χ0n) is 14.0. The lowest BCUT2D eigenvalue weighted by Crippen LogP contribution is -2.47. The number of nitrogens with zero attached hydrogens (tertiary/aromatic N) is 4. The lowest BCUT2D eigenvalue weighted by molar-refractivity contribution is -0.129. The van der Waals surface area contributed by atoms with Gasteiger partial charge in [-0.25, -0.2) is 0 Å². The molecule has 4 rings (SSSR count). The summed E-state index contributed by atoms with van der Waals surface area (Å²) in [5.74, 6) is 0.795. The van der Waals surface area contributed by atoms with Crippen LogP contribution in [0.4, 0.5) is 5.82 Å². The van der Waals surface area contributed by atoms with Crippen LogP contribution in [0.15, 0.2) is 12.1 Å². The molecule has 0 bridgehead atoms. The van der Waals surface area contributed by atoms with Crippen LogP contribution in [-0.2, 0) is 9.59 Å². The molecule has 2 aliphatic heterocycles. The summed E-state index contributed by atoms with van der Waals surface area (Å²) in [4.78, 5) is 28.5. The third-order valence-electron chi connectivity index (χ3n) is 5.30. The van der Waals surface area contributed by atoms with E-state index in [1.165, 1.54) is 0 Å². The molecule has 3 fully saturated rings. The molecule has 1 unspecified atom stereocenters. The van der Waals surface area contributed by atoms with Crippen molar-refractivity contribution in [3.05, 3.63) is 17.3 Å². The monoisotopic (exact) mass is 363 g/mol. The average molecular weight is 364 g/mol. The maximum Gasteiger partial charge on any atom is 0.225 e. The van der Waals surface area contributed by atoms with Crippen molar-refractivity contribution in [2.24, 2.45) is 5.92 Å². The third-order valence-corrected chi connectivity index (χ3v) is 5.50. The number of carbonyl (C=O) groups is 2. The van der Waals surface area contributed by atoms with Gasteiger partial charge in [0.2, 0.25) is 11.8 Å². The van der Waals surface area contributed by atoms with Gasteiger partial charge in [-0.2, -0.15) is 0 Å². The van der Waals surface area contributed by atoms with Crippen molar-refractivity contribution in [2.75, 3.05) is 24.5 Å². The third kappa shape index (κ3) is 3.71. The maximum absolute atomic E-state index is 12.5. The van der Waals surface area contributed by atoms with E-state index in [1.807, 2.05) is 11.0 Å². The van der Waals surface area contributed by atoms with Crippen LogP contribution in [0.5, 0.6) is 0 Å². The summed E-state index contributed by atoms with van der Waals surface area (Å²) in [6, 6.07) is 4.16. The zero-order valence-corrected chi connectivity index (χ0v) is 14.8. The van der Waals surface area contributed by atoms with Crippen molar-refractivity contribution in [3.63, 3.8) is 0 Å². The van der Waals surface area contributed by atoms with Gasteiger partial charge in [-0.15, -0.1) is 10.2 Å². The van der Waals surface area contributed by atoms with Gasteiger partial charge in [0.15, 0.2) is 11.0 Å². The predicted molar refractivity (Wildman–Crippen MR) is 93.3 cm³/mol. The van der Waals surface area contributed by atoms with Gasteiger partial charge < -0.3 is 15.1 Å². The van der Waals surface area contributed by atoms with Crippen LogP contribution < -0.4 is 10.2 Å². The van der Waals surface area contributed by atoms with E-state index < -0.39 is 0 Å². The van der Waals surface area contributed by atoms with Crippen LogP contribution in [0.1, 0.15) is 32.1 Å². The zero-order chi connectivity index (χ0) is 17.4. The average Bonchev–Trinajstić information content (AvgIpc) is 3.38. The van der Waals surface area contributed by atoms with E-state index in [4.69, 9.17) is 11.6 Å². The van der Waals surface area contributed by atoms with Gasteiger partial charge >= 0.3 is 0 Å². The summed E-state index contributed by atoms with van der Waals surface area (Å²) in [7, 11) is 0. The van der Waals surface area contributed by atoms with Crippen molar-refractivity contribution in [2.45, 2.75) is 44.2 Å². The van der Waals surface area contributed by atoms with Crippen molar-refractivity contribution < 1.29 is 9.59 Å². The van der Waals surface area contributed by atoms with Crippen molar-refractivity contribution >= 4 is 29.2 Å². The smallest absolute Gasteiger partial charge is 0.225 e. The van der Waals surface area contributed by atoms with Gasteiger partial charge in [0.05, 0.1) is 5.92 Å². The Labute approximate surface area is 151 Å². The number of anilines is 1. The Morgan fingerprint density at radius 2 is 1.92 bits per heavy atom. The van der Waals surface area contributed by atoms with Gasteiger partial charge in [-0.05, 0) is 37.8 Å². The standard InChI is InChI=1S/C17H22ClN5O2/c18-14-3-4-15(21-20-14)22-7-5-12(6-8-22)19-17(25)11-9-16(24)23(10-11)13-1-2-13/h3-4,11-13H,1-2,5-10H2,(H,19,25). The molecule has 3 heterocycles. The highest BCUT2D eigenvalue weighted by Gasteiger charge is 2.42. The first-order valence-electron chi connectivity index (χ1n) is 8.94. The number of carbonyl (C=O) groups excluding carboxylic acids is 2. The summed E-state index contributed by atoms with van der Waals surface area (Å²) in [5.41, 5.74) is 0. The molecule has 1 aliphatic carbocycles. The minimum absolute atomic E-state index is 0.0289. The minimum atomic E-state index is -0.187. The van der Waals surface area contributed by atoms with Gasteiger partial charge in [-0.1, -0.05) is 11.6 Å². The Morgan fingerprint density at radius 3 is 2.56 bits per heavy atom. The van der Waals surface area contributed by atoms with E-state index in [2.05, 4.69) is 20.4 Å². The Morgan fingerprint density at radius 1 is 1.16 bits per heavy atom. The molecular weight excluding hydrogens is 342 g/mol. The number of aromatic nitrogens is 2. The SMILES string of the molecule is O=C(NC1CCN(c2ccc(Cl)nn2)CC1)C1CC(=O)N(C2CC2)C1. The van der Waals surface area contributed by atoms with Gasteiger partial charge in [0.1, 0.15) is 0 Å². The van der Waals surface area contributed by atoms with E-state index in [9.17, 15) is 9.59 Å². The van der Waals surface area contributed by atoms with Gasteiger partial charge in [0, 0.05) is 38.1 Å². The molecule has 134 valence electrons. The van der Waals surface area contributed by atoms with Crippen molar-refractivity contribution in [1.82, 2.24) is 20.4 Å². The fraction of sp³-hybridized carbons (Fsp3) is 0.647. The summed E-state index contributed by atoms with van der Waals surface area (Å²) in [6.07, 6.45) is 4.27. The molecule has 0 spiro atoms. The highest BCUT2D eigenvalue weighted by atomic mass is 35.5. The summed E-state index contributed by atoms with van der Waals surface area (Å²) < 4.78 is 0. The highest BCUT2D eigenvalue weighted by Crippen LogP contribution is 2.32. The number of piperidine rings is 1. The molecule has 25 heavy (non-hydrogen) atoms. The van der Waals surface area contributed by atoms with Gasteiger partial charge in [0.25, 0.3) is 0 Å². The molecule has 0 radical (unpaired) electrons. The van der Waals surface area contributed by atoms with Crippen molar-refractivity contribution in [3.8, 4) is 0 Å². The normalized spacial score (nSPS) is 24.7. The lowest BCUT2D eigenvalue weighted by Gasteiger charge is -2.33. The molecule has 1 aromatic heterocycles. The molecule has 2 saturated heterocycles. The number of amides is 2. The first-order chi connectivity index (χ1) is 12.1. The summed E-state index contributed by atoms with van der Waals surface area (Å²) in [6.45, 7) is 2.23. The lowest BCUT2D eigenvalue weighted by atomic mass is 10.0. The number of rotatable bonds is 4. The van der Waals surface area contributed by atoms with Crippen LogP contribution in [0.2, 0.25) is 5.15 Å². The number of hydrogen-bond acceptors (Lipinski definition) is 5.